The lowest BCUT2D eigenvalue weighted by Gasteiger charge is -2.16. The second-order valence-electron chi connectivity index (χ2n) is 4.71. The third-order valence-corrected chi connectivity index (χ3v) is 3.32. The first kappa shape index (κ1) is 15.0. The van der Waals surface area contributed by atoms with Gasteiger partial charge in [-0.1, -0.05) is 0 Å². The van der Waals surface area contributed by atoms with Gasteiger partial charge in [0.25, 0.3) is 0 Å². The molecule has 3 rings (SSSR count). The number of rotatable bonds is 2. The second kappa shape index (κ2) is 6.40. The SMILES string of the molecule is CN.Cc1[nH]nc(-c2cc(N3CCCC3)nc(N)n2)c1O. The Labute approximate surface area is 123 Å². The Morgan fingerprint density at radius 2 is 1.90 bits per heavy atom. The van der Waals surface area contributed by atoms with E-state index in [4.69, 9.17) is 5.73 Å². The maximum atomic E-state index is 9.93. The van der Waals surface area contributed by atoms with E-state index in [1.165, 1.54) is 7.05 Å². The van der Waals surface area contributed by atoms with E-state index in [1.807, 2.05) is 6.07 Å². The van der Waals surface area contributed by atoms with E-state index in [-0.39, 0.29) is 11.7 Å². The molecule has 2 aromatic heterocycles. The molecule has 1 fully saturated rings. The highest BCUT2D eigenvalue weighted by Crippen LogP contribution is 2.30. The molecule has 2 aromatic rings. The average molecular weight is 291 g/mol. The summed E-state index contributed by atoms with van der Waals surface area (Å²) in [7, 11) is 1.50. The van der Waals surface area contributed by atoms with Gasteiger partial charge < -0.3 is 21.5 Å². The zero-order chi connectivity index (χ0) is 15.4. The van der Waals surface area contributed by atoms with E-state index in [9.17, 15) is 5.11 Å². The molecule has 114 valence electrons. The van der Waals surface area contributed by atoms with Crippen molar-refractivity contribution in [2.24, 2.45) is 5.73 Å². The van der Waals surface area contributed by atoms with Crippen molar-refractivity contribution >= 4 is 11.8 Å². The predicted octanol–water partition coefficient (Wildman–Crippen LogP) is 0.638. The van der Waals surface area contributed by atoms with Crippen LogP contribution in [0.2, 0.25) is 0 Å². The van der Waals surface area contributed by atoms with Gasteiger partial charge in [-0.15, -0.1) is 0 Å². The molecule has 0 atom stereocenters. The fourth-order valence-corrected chi connectivity index (χ4v) is 2.28. The quantitative estimate of drug-likeness (QED) is 0.638. The molecule has 0 unspecified atom stereocenters. The first-order valence-corrected chi connectivity index (χ1v) is 6.86. The normalized spacial score (nSPS) is 14.0. The number of aryl methyl sites for hydroxylation is 1. The molecule has 3 heterocycles. The average Bonchev–Trinajstić information content (AvgIpc) is 3.12. The van der Waals surface area contributed by atoms with Crippen molar-refractivity contribution in [1.29, 1.82) is 0 Å². The van der Waals surface area contributed by atoms with Crippen molar-refractivity contribution in [1.82, 2.24) is 20.2 Å². The fraction of sp³-hybridized carbons (Fsp3) is 0.462. The maximum absolute atomic E-state index is 9.93. The fourth-order valence-electron chi connectivity index (χ4n) is 2.28. The molecule has 0 spiro atoms. The van der Waals surface area contributed by atoms with Gasteiger partial charge in [0.2, 0.25) is 5.95 Å². The van der Waals surface area contributed by atoms with E-state index in [0.29, 0.717) is 17.1 Å². The molecule has 0 aliphatic carbocycles. The van der Waals surface area contributed by atoms with Gasteiger partial charge in [0.15, 0.2) is 11.4 Å². The summed E-state index contributed by atoms with van der Waals surface area (Å²) in [5, 5.41) is 16.7. The van der Waals surface area contributed by atoms with Crippen LogP contribution in [0.3, 0.4) is 0 Å². The van der Waals surface area contributed by atoms with Gasteiger partial charge in [-0.05, 0) is 26.8 Å². The lowest BCUT2D eigenvalue weighted by Crippen LogP contribution is -2.19. The standard InChI is InChI=1S/C12H16N6O.CH5N/c1-7-11(19)10(17-16-7)8-6-9(15-12(13)14-8)18-4-2-3-5-18;1-2/h6,19H,2-5H2,1H3,(H,16,17)(H2,13,14,15);2H2,1H3. The summed E-state index contributed by atoms with van der Waals surface area (Å²) in [6.07, 6.45) is 2.32. The summed E-state index contributed by atoms with van der Waals surface area (Å²) in [5.74, 6) is 1.09. The number of H-pyrrole nitrogens is 1. The molecule has 6 N–H and O–H groups in total. The van der Waals surface area contributed by atoms with Crippen LogP contribution in [-0.2, 0) is 0 Å². The molecular weight excluding hydrogens is 270 g/mol. The second-order valence-corrected chi connectivity index (χ2v) is 4.71. The Morgan fingerprint density at radius 3 is 2.48 bits per heavy atom. The lowest BCUT2D eigenvalue weighted by atomic mass is 10.2. The first-order chi connectivity index (χ1) is 10.1. The van der Waals surface area contributed by atoms with Crippen molar-refractivity contribution in [3.05, 3.63) is 11.8 Å². The number of aromatic amines is 1. The molecule has 8 heteroatoms. The molecule has 1 aliphatic rings. The minimum atomic E-state index is 0.102. The monoisotopic (exact) mass is 291 g/mol. The number of aromatic nitrogens is 4. The van der Waals surface area contributed by atoms with Crippen LogP contribution in [0.5, 0.6) is 5.75 Å². The summed E-state index contributed by atoms with van der Waals surface area (Å²) in [5.41, 5.74) is 11.8. The number of nitrogens with two attached hydrogens (primary N) is 2. The van der Waals surface area contributed by atoms with Crippen LogP contribution < -0.4 is 16.4 Å². The van der Waals surface area contributed by atoms with Gasteiger partial charge in [-0.3, -0.25) is 5.10 Å². The smallest absolute Gasteiger partial charge is 0.222 e. The van der Waals surface area contributed by atoms with E-state index in [2.05, 4.69) is 30.8 Å². The maximum Gasteiger partial charge on any atom is 0.222 e. The van der Waals surface area contributed by atoms with Crippen molar-refractivity contribution in [3.63, 3.8) is 0 Å². The van der Waals surface area contributed by atoms with Crippen molar-refractivity contribution in [2.45, 2.75) is 19.8 Å². The summed E-state index contributed by atoms with van der Waals surface area (Å²) in [6, 6.07) is 1.82. The Kier molecular flexibility index (Phi) is 4.59. The zero-order valence-corrected chi connectivity index (χ0v) is 12.3. The number of anilines is 2. The zero-order valence-electron chi connectivity index (χ0n) is 12.3. The van der Waals surface area contributed by atoms with Crippen LogP contribution in [0, 0.1) is 6.92 Å². The lowest BCUT2D eigenvalue weighted by molar-refractivity contribution is 0.473. The Bertz CT molecular complexity index is 605. The van der Waals surface area contributed by atoms with Gasteiger partial charge in [0, 0.05) is 19.2 Å². The minimum Gasteiger partial charge on any atom is -0.504 e. The summed E-state index contributed by atoms with van der Waals surface area (Å²) < 4.78 is 0. The Hall–Kier alpha value is -2.35. The molecule has 0 aromatic carbocycles. The third kappa shape index (κ3) is 3.05. The molecular formula is C13H21N7O. The van der Waals surface area contributed by atoms with Gasteiger partial charge >= 0.3 is 0 Å². The van der Waals surface area contributed by atoms with E-state index in [1.54, 1.807) is 6.92 Å². The molecule has 8 nitrogen and oxygen atoms in total. The third-order valence-electron chi connectivity index (χ3n) is 3.32. The summed E-state index contributed by atoms with van der Waals surface area (Å²) in [6.45, 7) is 3.70. The Balaban J connectivity index is 0.000000774. The molecule has 0 saturated carbocycles. The van der Waals surface area contributed by atoms with Gasteiger partial charge in [0.05, 0.1) is 5.69 Å². The van der Waals surface area contributed by atoms with E-state index in [0.717, 1.165) is 31.7 Å². The molecule has 0 amide bonds. The number of nitrogen functional groups attached to an aromatic ring is 1. The van der Waals surface area contributed by atoms with Crippen LogP contribution in [0.25, 0.3) is 11.4 Å². The van der Waals surface area contributed by atoms with Crippen molar-refractivity contribution in [2.75, 3.05) is 30.8 Å². The van der Waals surface area contributed by atoms with E-state index < -0.39 is 0 Å². The summed E-state index contributed by atoms with van der Waals surface area (Å²) in [4.78, 5) is 10.6. The number of hydrogen-bond donors (Lipinski definition) is 4. The predicted molar refractivity (Wildman–Crippen MR) is 82.0 cm³/mol. The number of hydrogen-bond acceptors (Lipinski definition) is 7. The minimum absolute atomic E-state index is 0.102. The van der Waals surface area contributed by atoms with E-state index >= 15 is 0 Å². The van der Waals surface area contributed by atoms with Gasteiger partial charge in [-0.2, -0.15) is 10.1 Å². The van der Waals surface area contributed by atoms with Crippen LogP contribution in [0.1, 0.15) is 18.5 Å². The van der Waals surface area contributed by atoms with Crippen molar-refractivity contribution in [3.8, 4) is 17.1 Å². The number of nitrogens with zero attached hydrogens (tertiary/aromatic N) is 4. The van der Waals surface area contributed by atoms with Gasteiger partial charge in [-0.25, -0.2) is 4.98 Å². The molecule has 21 heavy (non-hydrogen) atoms. The largest absolute Gasteiger partial charge is 0.504 e. The highest BCUT2D eigenvalue weighted by atomic mass is 16.3. The summed E-state index contributed by atoms with van der Waals surface area (Å²) >= 11 is 0. The number of aromatic hydroxyl groups is 1. The molecule has 0 bridgehead atoms. The van der Waals surface area contributed by atoms with Gasteiger partial charge in [0.1, 0.15) is 11.5 Å². The molecule has 1 saturated heterocycles. The van der Waals surface area contributed by atoms with Crippen molar-refractivity contribution < 1.29 is 5.11 Å². The van der Waals surface area contributed by atoms with Crippen LogP contribution >= 0.6 is 0 Å². The molecule has 0 radical (unpaired) electrons. The Morgan fingerprint density at radius 1 is 1.24 bits per heavy atom. The number of nitrogens with one attached hydrogen (secondary N) is 1. The highest BCUT2D eigenvalue weighted by molar-refractivity contribution is 5.67. The van der Waals surface area contributed by atoms with Crippen LogP contribution in [0.4, 0.5) is 11.8 Å². The molecule has 1 aliphatic heterocycles. The highest BCUT2D eigenvalue weighted by Gasteiger charge is 2.18. The first-order valence-electron chi connectivity index (χ1n) is 6.86. The van der Waals surface area contributed by atoms with Crippen LogP contribution in [0.15, 0.2) is 6.07 Å². The topological polar surface area (TPSA) is 130 Å². The van der Waals surface area contributed by atoms with Crippen LogP contribution in [-0.4, -0.2) is 45.4 Å².